The van der Waals surface area contributed by atoms with E-state index >= 15 is 0 Å². The summed E-state index contributed by atoms with van der Waals surface area (Å²) in [5.41, 5.74) is -1.09. The lowest BCUT2D eigenvalue weighted by Gasteiger charge is -2.13. The van der Waals surface area contributed by atoms with Gasteiger partial charge in [0.05, 0.1) is 11.3 Å². The van der Waals surface area contributed by atoms with E-state index in [1.807, 2.05) is 0 Å². The first-order valence-electron chi connectivity index (χ1n) is 5.34. The maximum Gasteiger partial charge on any atom is 0.420 e. The average molecular weight is 282 g/mol. The van der Waals surface area contributed by atoms with Crippen molar-refractivity contribution in [2.75, 3.05) is 5.75 Å². The predicted octanol–water partition coefficient (Wildman–Crippen LogP) is 3.21. The number of benzene rings is 1. The van der Waals surface area contributed by atoms with E-state index < -0.39 is 27.6 Å². The molecule has 102 valence electrons. The number of hydrogen-bond acceptors (Lipinski definition) is 3. The summed E-state index contributed by atoms with van der Waals surface area (Å²) in [6.07, 6.45) is -3.68. The van der Waals surface area contributed by atoms with Crippen molar-refractivity contribution in [3.63, 3.8) is 0 Å². The van der Waals surface area contributed by atoms with E-state index in [2.05, 4.69) is 4.18 Å². The Kier molecular flexibility index (Phi) is 4.61. The zero-order chi connectivity index (χ0) is 13.8. The standard InChI is InChI=1S/C11H13F3O3S/c1-2-3-8-18(15,16)17-10-7-5-4-6-9(10)11(12,13)14/h4-7H,2-3,8H2,1H3. The highest BCUT2D eigenvalue weighted by molar-refractivity contribution is 7.87. The van der Waals surface area contributed by atoms with Crippen LogP contribution in [-0.4, -0.2) is 14.2 Å². The van der Waals surface area contributed by atoms with Gasteiger partial charge in [-0.3, -0.25) is 0 Å². The molecule has 0 heterocycles. The van der Waals surface area contributed by atoms with Crippen molar-refractivity contribution in [3.05, 3.63) is 29.8 Å². The first kappa shape index (κ1) is 14.8. The lowest BCUT2D eigenvalue weighted by molar-refractivity contribution is -0.138. The number of unbranched alkanes of at least 4 members (excludes halogenated alkanes) is 1. The van der Waals surface area contributed by atoms with Crippen LogP contribution in [0.5, 0.6) is 5.75 Å². The third-order valence-corrected chi connectivity index (χ3v) is 3.38. The highest BCUT2D eigenvalue weighted by atomic mass is 32.2. The Morgan fingerprint density at radius 1 is 1.22 bits per heavy atom. The second-order valence-corrected chi connectivity index (χ2v) is 5.38. The van der Waals surface area contributed by atoms with E-state index in [-0.39, 0.29) is 5.75 Å². The van der Waals surface area contributed by atoms with Crippen molar-refractivity contribution in [1.82, 2.24) is 0 Å². The molecule has 0 aliphatic carbocycles. The second-order valence-electron chi connectivity index (χ2n) is 3.69. The van der Waals surface area contributed by atoms with Crippen LogP contribution < -0.4 is 4.18 Å². The van der Waals surface area contributed by atoms with Crippen LogP contribution in [0.4, 0.5) is 13.2 Å². The molecular weight excluding hydrogens is 269 g/mol. The van der Waals surface area contributed by atoms with Crippen LogP contribution in [-0.2, 0) is 16.3 Å². The van der Waals surface area contributed by atoms with Gasteiger partial charge in [0.25, 0.3) is 0 Å². The van der Waals surface area contributed by atoms with Gasteiger partial charge in [0, 0.05) is 0 Å². The zero-order valence-corrected chi connectivity index (χ0v) is 10.5. The summed E-state index contributed by atoms with van der Waals surface area (Å²) in [4.78, 5) is 0. The van der Waals surface area contributed by atoms with Gasteiger partial charge in [-0.05, 0) is 18.6 Å². The summed E-state index contributed by atoms with van der Waals surface area (Å²) in [5.74, 6) is -0.975. The van der Waals surface area contributed by atoms with E-state index in [1.165, 1.54) is 12.1 Å². The minimum Gasteiger partial charge on any atom is -0.382 e. The van der Waals surface area contributed by atoms with Crippen LogP contribution in [0.1, 0.15) is 25.3 Å². The topological polar surface area (TPSA) is 43.4 Å². The fourth-order valence-corrected chi connectivity index (χ4v) is 2.42. The number of alkyl halides is 3. The summed E-state index contributed by atoms with van der Waals surface area (Å²) < 4.78 is 65.2. The lowest BCUT2D eigenvalue weighted by atomic mass is 10.2. The Hall–Kier alpha value is -1.24. The van der Waals surface area contributed by atoms with Gasteiger partial charge in [-0.25, -0.2) is 0 Å². The van der Waals surface area contributed by atoms with Gasteiger partial charge in [0.2, 0.25) is 0 Å². The molecule has 1 aromatic carbocycles. The van der Waals surface area contributed by atoms with Crippen LogP contribution in [0.3, 0.4) is 0 Å². The molecule has 7 heteroatoms. The second kappa shape index (κ2) is 5.60. The SMILES string of the molecule is CCCCS(=O)(=O)Oc1ccccc1C(F)(F)F. The summed E-state index contributed by atoms with van der Waals surface area (Å²) in [6, 6.07) is 4.24. The highest BCUT2D eigenvalue weighted by Gasteiger charge is 2.35. The van der Waals surface area contributed by atoms with E-state index in [0.29, 0.717) is 12.8 Å². The number of hydrogen-bond donors (Lipinski definition) is 0. The van der Waals surface area contributed by atoms with Crippen LogP contribution in [0.2, 0.25) is 0 Å². The number of para-hydroxylation sites is 1. The molecule has 0 saturated carbocycles. The molecule has 0 fully saturated rings. The van der Waals surface area contributed by atoms with E-state index in [0.717, 1.165) is 12.1 Å². The Balaban J connectivity index is 2.98. The minimum atomic E-state index is -4.64. The summed E-state index contributed by atoms with van der Waals surface area (Å²) in [5, 5.41) is 0. The smallest absolute Gasteiger partial charge is 0.382 e. The summed E-state index contributed by atoms with van der Waals surface area (Å²) in [6.45, 7) is 1.78. The van der Waals surface area contributed by atoms with Crippen molar-refractivity contribution in [1.29, 1.82) is 0 Å². The number of rotatable bonds is 5. The molecule has 0 aliphatic rings. The van der Waals surface area contributed by atoms with Gasteiger partial charge in [-0.2, -0.15) is 21.6 Å². The Morgan fingerprint density at radius 3 is 2.39 bits per heavy atom. The molecule has 0 N–H and O–H groups in total. The van der Waals surface area contributed by atoms with Crippen LogP contribution in [0, 0.1) is 0 Å². The third kappa shape index (κ3) is 4.21. The van der Waals surface area contributed by atoms with E-state index in [9.17, 15) is 21.6 Å². The molecular formula is C11H13F3O3S. The Bertz CT molecular complexity index is 495. The fraction of sp³-hybridized carbons (Fsp3) is 0.455. The largest absolute Gasteiger partial charge is 0.420 e. The van der Waals surface area contributed by atoms with Gasteiger partial charge in [0.1, 0.15) is 0 Å². The Morgan fingerprint density at radius 2 is 1.83 bits per heavy atom. The van der Waals surface area contributed by atoms with Gasteiger partial charge >= 0.3 is 16.3 Å². The van der Waals surface area contributed by atoms with Crippen molar-refractivity contribution in [2.45, 2.75) is 25.9 Å². The lowest BCUT2D eigenvalue weighted by Crippen LogP contribution is -2.16. The molecule has 1 aromatic rings. The normalized spacial score (nSPS) is 12.4. The van der Waals surface area contributed by atoms with Crippen LogP contribution in [0.15, 0.2) is 24.3 Å². The van der Waals surface area contributed by atoms with Gasteiger partial charge in [-0.1, -0.05) is 25.5 Å². The maximum absolute atomic E-state index is 12.6. The Labute approximate surface area is 104 Å². The minimum absolute atomic E-state index is 0.296. The summed E-state index contributed by atoms with van der Waals surface area (Å²) >= 11 is 0. The third-order valence-electron chi connectivity index (χ3n) is 2.16. The van der Waals surface area contributed by atoms with Gasteiger partial charge in [-0.15, -0.1) is 0 Å². The van der Waals surface area contributed by atoms with Gasteiger partial charge in [0.15, 0.2) is 5.75 Å². The monoisotopic (exact) mass is 282 g/mol. The maximum atomic E-state index is 12.6. The molecule has 0 radical (unpaired) electrons. The molecule has 0 spiro atoms. The van der Waals surface area contributed by atoms with Gasteiger partial charge < -0.3 is 4.18 Å². The first-order valence-corrected chi connectivity index (χ1v) is 6.92. The molecule has 0 aliphatic heterocycles. The number of halogens is 3. The molecule has 0 aromatic heterocycles. The van der Waals surface area contributed by atoms with Crippen molar-refractivity contribution < 1.29 is 25.8 Å². The highest BCUT2D eigenvalue weighted by Crippen LogP contribution is 2.36. The molecule has 0 unspecified atom stereocenters. The molecule has 0 amide bonds. The molecule has 0 saturated heterocycles. The molecule has 3 nitrogen and oxygen atoms in total. The van der Waals surface area contributed by atoms with Crippen molar-refractivity contribution in [3.8, 4) is 5.75 Å². The molecule has 18 heavy (non-hydrogen) atoms. The molecule has 0 bridgehead atoms. The first-order chi connectivity index (χ1) is 8.26. The molecule has 0 atom stereocenters. The molecule has 1 rings (SSSR count). The van der Waals surface area contributed by atoms with Crippen LogP contribution >= 0.6 is 0 Å². The van der Waals surface area contributed by atoms with E-state index in [1.54, 1.807) is 6.92 Å². The van der Waals surface area contributed by atoms with Crippen LogP contribution in [0.25, 0.3) is 0 Å². The quantitative estimate of drug-likeness (QED) is 0.779. The fourth-order valence-electron chi connectivity index (χ4n) is 1.27. The predicted molar refractivity (Wildman–Crippen MR) is 60.8 cm³/mol. The van der Waals surface area contributed by atoms with Crippen molar-refractivity contribution >= 4 is 10.1 Å². The van der Waals surface area contributed by atoms with Crippen molar-refractivity contribution in [2.24, 2.45) is 0 Å². The average Bonchev–Trinajstić information content (AvgIpc) is 2.25. The summed E-state index contributed by atoms with van der Waals surface area (Å²) in [7, 11) is -3.98. The van der Waals surface area contributed by atoms with E-state index in [4.69, 9.17) is 0 Å². The zero-order valence-electron chi connectivity index (χ0n) is 9.70.